The van der Waals surface area contributed by atoms with Gasteiger partial charge >= 0.3 is 0 Å². The predicted molar refractivity (Wildman–Crippen MR) is 133 cm³/mol. The summed E-state index contributed by atoms with van der Waals surface area (Å²) in [5, 5.41) is 18.8. The zero-order valence-electron chi connectivity index (χ0n) is 21.5. The third-order valence-corrected chi connectivity index (χ3v) is 7.42. The fourth-order valence-corrected chi connectivity index (χ4v) is 4.92. The van der Waals surface area contributed by atoms with Gasteiger partial charge in [-0.25, -0.2) is 0 Å². The second-order valence-electron chi connectivity index (χ2n) is 12.0. The van der Waals surface area contributed by atoms with E-state index in [2.05, 4.69) is 39.8 Å². The van der Waals surface area contributed by atoms with Gasteiger partial charge in [0.15, 0.2) is 0 Å². The molecule has 0 aliphatic carbocycles. The average Bonchev–Trinajstić information content (AvgIpc) is 2.79. The quantitative estimate of drug-likeness (QED) is 0.231. The van der Waals surface area contributed by atoms with Crippen molar-refractivity contribution in [1.82, 2.24) is 0 Å². The van der Waals surface area contributed by atoms with Gasteiger partial charge in [-0.3, -0.25) is 0 Å². The molecule has 0 bridgehead atoms. The zero-order valence-corrected chi connectivity index (χ0v) is 21.5. The number of aliphatic hydroxyl groups excluding tert-OH is 2. The van der Waals surface area contributed by atoms with Gasteiger partial charge in [-0.1, -0.05) is 65.5 Å². The van der Waals surface area contributed by atoms with Crippen LogP contribution in [0, 0.1) is 10.8 Å². The third-order valence-electron chi connectivity index (χ3n) is 7.42. The largest absolute Gasteiger partial charge is 0.396 e. The van der Waals surface area contributed by atoms with Crippen molar-refractivity contribution in [3.05, 3.63) is 12.2 Å². The molecular formula is C28H52O4. The van der Waals surface area contributed by atoms with Gasteiger partial charge in [-0.05, 0) is 75.0 Å². The van der Waals surface area contributed by atoms with Crippen LogP contribution in [0.25, 0.3) is 0 Å². The molecule has 2 aliphatic heterocycles. The fraction of sp³-hybridized carbons (Fsp3) is 0.929. The summed E-state index contributed by atoms with van der Waals surface area (Å²) in [6.45, 7) is 9.10. The highest BCUT2D eigenvalue weighted by molar-refractivity contribution is 4.98. The van der Waals surface area contributed by atoms with E-state index in [4.69, 9.17) is 9.47 Å². The van der Waals surface area contributed by atoms with Gasteiger partial charge in [-0.15, -0.1) is 0 Å². The van der Waals surface area contributed by atoms with E-state index >= 15 is 0 Å². The van der Waals surface area contributed by atoms with E-state index in [1.807, 2.05) is 0 Å². The van der Waals surface area contributed by atoms with E-state index in [1.165, 1.54) is 51.4 Å². The first kappa shape index (κ1) is 27.8. The van der Waals surface area contributed by atoms with Crippen molar-refractivity contribution in [3.8, 4) is 0 Å². The standard InChI is InChI=1S/C28H52O4/c1-27(2,21-29)19-7-5-11-23-13-9-15-25(31-23)17-18-26-16-10-14-24(32-26)12-6-8-20-28(3,4)22-30/h17-18,23-26,29-30H,5-16,19-22H2,1-4H3/b18-17-. The lowest BCUT2D eigenvalue weighted by molar-refractivity contribution is -0.0385. The molecule has 0 aromatic rings. The smallest absolute Gasteiger partial charge is 0.0760 e. The van der Waals surface area contributed by atoms with Crippen LogP contribution < -0.4 is 0 Å². The van der Waals surface area contributed by atoms with Crippen LogP contribution in [0.3, 0.4) is 0 Å². The van der Waals surface area contributed by atoms with Gasteiger partial charge in [0.1, 0.15) is 0 Å². The molecular weight excluding hydrogens is 400 g/mol. The van der Waals surface area contributed by atoms with Crippen molar-refractivity contribution in [3.63, 3.8) is 0 Å². The number of ether oxygens (including phenoxy) is 2. The van der Waals surface area contributed by atoms with Crippen molar-refractivity contribution in [2.24, 2.45) is 10.8 Å². The van der Waals surface area contributed by atoms with Crippen molar-refractivity contribution < 1.29 is 19.7 Å². The molecule has 0 saturated carbocycles. The summed E-state index contributed by atoms with van der Waals surface area (Å²) in [4.78, 5) is 0. The summed E-state index contributed by atoms with van der Waals surface area (Å²) >= 11 is 0. The van der Waals surface area contributed by atoms with Gasteiger partial charge in [0.05, 0.1) is 24.4 Å². The maximum absolute atomic E-state index is 9.40. The fourth-order valence-electron chi connectivity index (χ4n) is 4.92. The Morgan fingerprint density at radius 1 is 0.656 bits per heavy atom. The second-order valence-corrected chi connectivity index (χ2v) is 12.0. The summed E-state index contributed by atoms with van der Waals surface area (Å²) in [6, 6.07) is 0. The Hall–Kier alpha value is -0.420. The minimum atomic E-state index is 0.0482. The van der Waals surface area contributed by atoms with Crippen molar-refractivity contribution in [2.75, 3.05) is 13.2 Å². The Bertz CT molecular complexity index is 482. The lowest BCUT2D eigenvalue weighted by Gasteiger charge is -2.31. The van der Waals surface area contributed by atoms with Crippen LogP contribution in [0.5, 0.6) is 0 Å². The molecule has 2 heterocycles. The molecule has 4 unspecified atom stereocenters. The lowest BCUT2D eigenvalue weighted by Crippen LogP contribution is -2.28. The van der Waals surface area contributed by atoms with E-state index < -0.39 is 0 Å². The number of hydrogen-bond acceptors (Lipinski definition) is 4. The van der Waals surface area contributed by atoms with Crippen LogP contribution in [0.4, 0.5) is 0 Å². The Balaban J connectivity index is 1.65. The molecule has 0 aromatic heterocycles. The molecule has 188 valence electrons. The number of unbranched alkanes of at least 4 members (excludes halogenated alkanes) is 2. The normalized spacial score (nSPS) is 27.8. The molecule has 4 nitrogen and oxygen atoms in total. The minimum absolute atomic E-state index is 0.0482. The first-order valence-corrected chi connectivity index (χ1v) is 13.4. The van der Waals surface area contributed by atoms with Gasteiger partial charge in [0.2, 0.25) is 0 Å². The van der Waals surface area contributed by atoms with E-state index in [0.29, 0.717) is 12.2 Å². The maximum Gasteiger partial charge on any atom is 0.0760 e. The zero-order chi connectivity index (χ0) is 23.5. The summed E-state index contributed by atoms with van der Waals surface area (Å²) in [6.07, 6.45) is 22.1. The minimum Gasteiger partial charge on any atom is -0.396 e. The molecule has 0 amide bonds. The molecule has 2 saturated heterocycles. The SMILES string of the molecule is CC(C)(CO)CCCCC1CCCC(/C=C\C2CCCC(CCCCC(C)(C)CO)O2)O1. The Morgan fingerprint density at radius 3 is 1.44 bits per heavy atom. The highest BCUT2D eigenvalue weighted by Crippen LogP contribution is 2.29. The van der Waals surface area contributed by atoms with Crippen LogP contribution in [-0.2, 0) is 9.47 Å². The Kier molecular flexibility index (Phi) is 12.2. The van der Waals surface area contributed by atoms with Crippen LogP contribution in [-0.4, -0.2) is 47.8 Å². The van der Waals surface area contributed by atoms with Gasteiger partial charge < -0.3 is 19.7 Å². The van der Waals surface area contributed by atoms with Crippen LogP contribution >= 0.6 is 0 Å². The number of hydrogen-bond donors (Lipinski definition) is 2. The molecule has 0 aromatic carbocycles. The van der Waals surface area contributed by atoms with Gasteiger partial charge in [0, 0.05) is 13.2 Å². The van der Waals surface area contributed by atoms with Crippen molar-refractivity contribution in [2.45, 2.75) is 142 Å². The Labute approximate surface area is 198 Å². The van der Waals surface area contributed by atoms with Crippen molar-refractivity contribution >= 4 is 0 Å². The topological polar surface area (TPSA) is 58.9 Å². The highest BCUT2D eigenvalue weighted by atomic mass is 16.5. The molecule has 2 rings (SSSR count). The molecule has 4 atom stereocenters. The second kappa shape index (κ2) is 14.1. The summed E-state index contributed by atoms with van der Waals surface area (Å²) < 4.78 is 12.7. The summed E-state index contributed by atoms with van der Waals surface area (Å²) in [5.74, 6) is 0. The first-order valence-electron chi connectivity index (χ1n) is 13.4. The highest BCUT2D eigenvalue weighted by Gasteiger charge is 2.24. The van der Waals surface area contributed by atoms with Gasteiger partial charge in [0.25, 0.3) is 0 Å². The van der Waals surface area contributed by atoms with Crippen LogP contribution in [0.1, 0.15) is 118 Å². The van der Waals surface area contributed by atoms with E-state index in [1.54, 1.807) is 0 Å². The van der Waals surface area contributed by atoms with Gasteiger partial charge in [-0.2, -0.15) is 0 Å². The predicted octanol–water partition coefficient (Wildman–Crippen LogP) is 6.58. The molecule has 0 radical (unpaired) electrons. The van der Waals surface area contributed by atoms with E-state index in [0.717, 1.165) is 38.5 Å². The molecule has 32 heavy (non-hydrogen) atoms. The molecule has 2 N–H and O–H groups in total. The lowest BCUT2D eigenvalue weighted by atomic mass is 9.87. The van der Waals surface area contributed by atoms with E-state index in [9.17, 15) is 10.2 Å². The third kappa shape index (κ3) is 11.1. The summed E-state index contributed by atoms with van der Waals surface area (Å²) in [7, 11) is 0. The maximum atomic E-state index is 9.40. The van der Waals surface area contributed by atoms with Crippen LogP contribution in [0.15, 0.2) is 12.2 Å². The summed E-state index contributed by atoms with van der Waals surface area (Å²) in [5.41, 5.74) is 0.0964. The number of rotatable bonds is 14. The molecule has 0 spiro atoms. The monoisotopic (exact) mass is 452 g/mol. The van der Waals surface area contributed by atoms with E-state index in [-0.39, 0.29) is 36.3 Å². The van der Waals surface area contributed by atoms with Crippen molar-refractivity contribution in [1.29, 1.82) is 0 Å². The first-order chi connectivity index (χ1) is 15.2. The van der Waals surface area contributed by atoms with Crippen LogP contribution in [0.2, 0.25) is 0 Å². The average molecular weight is 453 g/mol. The molecule has 2 fully saturated rings. The molecule has 4 heteroatoms. The molecule has 2 aliphatic rings. The Morgan fingerprint density at radius 2 is 1.06 bits per heavy atom. The number of aliphatic hydroxyl groups is 2.